The van der Waals surface area contributed by atoms with Crippen LogP contribution >= 0.6 is 0 Å². The number of hydrogen-bond donors (Lipinski definition) is 1. The van der Waals surface area contributed by atoms with Crippen molar-refractivity contribution in [1.82, 2.24) is 5.43 Å². The van der Waals surface area contributed by atoms with E-state index >= 15 is 0 Å². The fourth-order valence-electron chi connectivity index (χ4n) is 2.93. The molecule has 0 atom stereocenters. The van der Waals surface area contributed by atoms with E-state index in [2.05, 4.69) is 31.3 Å². The Morgan fingerprint density at radius 2 is 1.63 bits per heavy atom. The largest absolute Gasteiger partial charge is 0.496 e. The standard InChI is InChI=1S/C23H24N2O2/c1-23(2,3)18-12-9-16(10-13-18)22(26)25-24-15-17-11-14-21(27-4)20-8-6-5-7-19(17)20/h5-15H,1-4H3,(H,25,26)/b24-15+. The first kappa shape index (κ1) is 18.6. The number of nitrogens with one attached hydrogen (secondary N) is 1. The molecule has 0 spiro atoms. The molecule has 0 fully saturated rings. The minimum absolute atomic E-state index is 0.0581. The van der Waals surface area contributed by atoms with E-state index in [4.69, 9.17) is 4.74 Å². The maximum Gasteiger partial charge on any atom is 0.271 e. The van der Waals surface area contributed by atoms with Crippen molar-refractivity contribution in [3.05, 3.63) is 77.4 Å². The number of benzene rings is 3. The van der Waals surface area contributed by atoms with Crippen molar-refractivity contribution in [2.75, 3.05) is 7.11 Å². The molecule has 0 saturated carbocycles. The normalized spacial score (nSPS) is 11.7. The van der Waals surface area contributed by atoms with E-state index in [0.29, 0.717) is 5.56 Å². The number of hydrazone groups is 1. The zero-order chi connectivity index (χ0) is 19.4. The van der Waals surface area contributed by atoms with Crippen LogP contribution in [-0.2, 0) is 5.41 Å². The predicted molar refractivity (Wildman–Crippen MR) is 111 cm³/mol. The van der Waals surface area contributed by atoms with Crippen LogP contribution in [-0.4, -0.2) is 19.2 Å². The summed E-state index contributed by atoms with van der Waals surface area (Å²) in [4.78, 5) is 12.3. The van der Waals surface area contributed by atoms with Crippen LogP contribution in [0.15, 0.2) is 65.8 Å². The Kier molecular flexibility index (Phi) is 5.26. The maximum absolute atomic E-state index is 12.3. The number of carbonyl (C=O) groups excluding carboxylic acids is 1. The molecule has 138 valence electrons. The van der Waals surface area contributed by atoms with Crippen molar-refractivity contribution >= 4 is 22.9 Å². The van der Waals surface area contributed by atoms with E-state index in [-0.39, 0.29) is 11.3 Å². The summed E-state index contributed by atoms with van der Waals surface area (Å²) in [6, 6.07) is 19.4. The number of hydrogen-bond acceptors (Lipinski definition) is 3. The summed E-state index contributed by atoms with van der Waals surface area (Å²) in [5.74, 6) is 0.579. The second-order valence-corrected chi connectivity index (χ2v) is 7.43. The minimum Gasteiger partial charge on any atom is -0.496 e. The third-order valence-corrected chi connectivity index (χ3v) is 4.52. The Morgan fingerprint density at radius 3 is 2.26 bits per heavy atom. The Labute approximate surface area is 159 Å². The van der Waals surface area contributed by atoms with Gasteiger partial charge in [0.2, 0.25) is 0 Å². The lowest BCUT2D eigenvalue weighted by Crippen LogP contribution is -2.18. The van der Waals surface area contributed by atoms with E-state index in [0.717, 1.165) is 22.1 Å². The molecule has 0 saturated heterocycles. The summed E-state index contributed by atoms with van der Waals surface area (Å²) in [5.41, 5.74) is 5.34. The van der Waals surface area contributed by atoms with E-state index in [9.17, 15) is 4.79 Å². The minimum atomic E-state index is -0.232. The summed E-state index contributed by atoms with van der Waals surface area (Å²) >= 11 is 0. The Bertz CT molecular complexity index is 983. The summed E-state index contributed by atoms with van der Waals surface area (Å²) in [6.45, 7) is 6.43. The molecule has 3 rings (SSSR count). The van der Waals surface area contributed by atoms with Crippen molar-refractivity contribution in [3.8, 4) is 5.75 Å². The van der Waals surface area contributed by atoms with E-state index in [1.165, 1.54) is 5.56 Å². The first-order chi connectivity index (χ1) is 12.9. The monoisotopic (exact) mass is 360 g/mol. The van der Waals surface area contributed by atoms with Crippen LogP contribution in [0.4, 0.5) is 0 Å². The van der Waals surface area contributed by atoms with Gasteiger partial charge in [-0.05, 0) is 40.6 Å². The molecule has 3 aromatic rings. The van der Waals surface area contributed by atoms with Gasteiger partial charge in [0, 0.05) is 16.5 Å². The number of methoxy groups -OCH3 is 1. The predicted octanol–water partition coefficient (Wildman–Crippen LogP) is 4.91. The van der Waals surface area contributed by atoms with Crippen LogP contribution in [0.2, 0.25) is 0 Å². The first-order valence-electron chi connectivity index (χ1n) is 8.90. The van der Waals surface area contributed by atoms with Gasteiger partial charge in [-0.25, -0.2) is 5.43 Å². The average Bonchev–Trinajstić information content (AvgIpc) is 2.67. The van der Waals surface area contributed by atoms with Crippen LogP contribution in [0.25, 0.3) is 10.8 Å². The van der Waals surface area contributed by atoms with E-state index in [1.54, 1.807) is 13.3 Å². The molecule has 0 aliphatic rings. The molecule has 1 amide bonds. The Hall–Kier alpha value is -3.14. The number of ether oxygens (including phenoxy) is 1. The van der Waals surface area contributed by atoms with Crippen molar-refractivity contribution in [2.24, 2.45) is 5.10 Å². The highest BCUT2D eigenvalue weighted by atomic mass is 16.5. The number of nitrogens with zero attached hydrogens (tertiary/aromatic N) is 1. The number of rotatable bonds is 4. The summed E-state index contributed by atoms with van der Waals surface area (Å²) in [5, 5.41) is 6.15. The van der Waals surface area contributed by atoms with Gasteiger partial charge in [-0.2, -0.15) is 5.10 Å². The van der Waals surface area contributed by atoms with Gasteiger partial charge in [0.15, 0.2) is 0 Å². The molecular weight excluding hydrogens is 336 g/mol. The summed E-state index contributed by atoms with van der Waals surface area (Å²) in [7, 11) is 1.65. The van der Waals surface area contributed by atoms with Gasteiger partial charge in [-0.15, -0.1) is 0 Å². The first-order valence-corrected chi connectivity index (χ1v) is 8.90. The molecule has 27 heavy (non-hydrogen) atoms. The average molecular weight is 360 g/mol. The molecule has 0 unspecified atom stereocenters. The highest BCUT2D eigenvalue weighted by Crippen LogP contribution is 2.27. The van der Waals surface area contributed by atoms with Gasteiger partial charge < -0.3 is 4.74 Å². The molecular formula is C23H24N2O2. The zero-order valence-corrected chi connectivity index (χ0v) is 16.1. The fourth-order valence-corrected chi connectivity index (χ4v) is 2.93. The van der Waals surface area contributed by atoms with Gasteiger partial charge in [0.1, 0.15) is 5.75 Å². The lowest BCUT2D eigenvalue weighted by molar-refractivity contribution is 0.0955. The molecule has 1 N–H and O–H groups in total. The molecule has 0 aliphatic heterocycles. The third-order valence-electron chi connectivity index (χ3n) is 4.52. The molecule has 0 radical (unpaired) electrons. The van der Waals surface area contributed by atoms with E-state index < -0.39 is 0 Å². The maximum atomic E-state index is 12.3. The van der Waals surface area contributed by atoms with Crippen LogP contribution in [0.1, 0.15) is 42.3 Å². The fraction of sp³-hybridized carbons (Fsp3) is 0.217. The van der Waals surface area contributed by atoms with Gasteiger partial charge in [0.05, 0.1) is 13.3 Å². The van der Waals surface area contributed by atoms with Crippen LogP contribution in [0.3, 0.4) is 0 Å². The highest BCUT2D eigenvalue weighted by Gasteiger charge is 2.14. The Balaban J connectivity index is 1.76. The smallest absolute Gasteiger partial charge is 0.271 e. The SMILES string of the molecule is COc1ccc(/C=N/NC(=O)c2ccc(C(C)(C)C)cc2)c2ccccc12. The molecule has 4 nitrogen and oxygen atoms in total. The quantitative estimate of drug-likeness (QED) is 0.531. The van der Waals surface area contributed by atoms with Crippen molar-refractivity contribution in [1.29, 1.82) is 0 Å². The van der Waals surface area contributed by atoms with Gasteiger partial charge in [0.25, 0.3) is 5.91 Å². The van der Waals surface area contributed by atoms with Gasteiger partial charge >= 0.3 is 0 Å². The lowest BCUT2D eigenvalue weighted by Gasteiger charge is -2.18. The number of carbonyl (C=O) groups is 1. The zero-order valence-electron chi connectivity index (χ0n) is 16.1. The van der Waals surface area contributed by atoms with E-state index in [1.807, 2.05) is 60.7 Å². The van der Waals surface area contributed by atoms with Crippen LogP contribution in [0, 0.1) is 0 Å². The Morgan fingerprint density at radius 1 is 0.963 bits per heavy atom. The summed E-state index contributed by atoms with van der Waals surface area (Å²) < 4.78 is 5.40. The second kappa shape index (κ2) is 7.62. The second-order valence-electron chi connectivity index (χ2n) is 7.43. The van der Waals surface area contributed by atoms with Gasteiger partial charge in [-0.3, -0.25) is 4.79 Å². The molecule has 0 heterocycles. The molecule has 0 bridgehead atoms. The molecule has 0 aromatic heterocycles. The number of amides is 1. The van der Waals surface area contributed by atoms with Gasteiger partial charge in [-0.1, -0.05) is 57.2 Å². The molecule has 4 heteroatoms. The van der Waals surface area contributed by atoms with Crippen molar-refractivity contribution in [2.45, 2.75) is 26.2 Å². The summed E-state index contributed by atoms with van der Waals surface area (Å²) in [6.07, 6.45) is 1.66. The third kappa shape index (κ3) is 4.17. The topological polar surface area (TPSA) is 50.7 Å². The molecule has 3 aromatic carbocycles. The van der Waals surface area contributed by atoms with Crippen LogP contribution < -0.4 is 10.2 Å². The number of fused-ring (bicyclic) bond motifs is 1. The lowest BCUT2D eigenvalue weighted by atomic mass is 9.87. The van der Waals surface area contributed by atoms with Crippen LogP contribution in [0.5, 0.6) is 5.75 Å². The van der Waals surface area contributed by atoms with Crippen molar-refractivity contribution in [3.63, 3.8) is 0 Å². The molecule has 0 aliphatic carbocycles. The van der Waals surface area contributed by atoms with Crippen molar-refractivity contribution < 1.29 is 9.53 Å². The highest BCUT2D eigenvalue weighted by molar-refractivity contribution is 6.03.